The van der Waals surface area contributed by atoms with Crippen LogP contribution >= 0.6 is 11.8 Å². The molecule has 12 heteroatoms. The number of hydrogen-bond donors (Lipinski definition) is 7. The highest BCUT2D eigenvalue weighted by Crippen LogP contribution is 2.05. The van der Waals surface area contributed by atoms with Crippen molar-refractivity contribution in [3.05, 3.63) is 0 Å². The minimum Gasteiger partial charge on any atom is -0.480 e. The van der Waals surface area contributed by atoms with Gasteiger partial charge in [-0.2, -0.15) is 11.8 Å². The molecule has 9 N–H and O–H groups in total. The predicted octanol–water partition coefficient (Wildman–Crippen LogP) is -1.86. The van der Waals surface area contributed by atoms with Crippen molar-refractivity contribution in [3.8, 4) is 0 Å². The van der Waals surface area contributed by atoms with Crippen molar-refractivity contribution in [2.75, 3.05) is 18.6 Å². The van der Waals surface area contributed by atoms with Crippen LogP contribution in [0.25, 0.3) is 0 Å². The second-order valence-corrected chi connectivity index (χ2v) is 8.01. The molecule has 0 aromatic rings. The van der Waals surface area contributed by atoms with Crippen LogP contribution in [0.15, 0.2) is 0 Å². The highest BCUT2D eigenvalue weighted by molar-refractivity contribution is 7.98. The second kappa shape index (κ2) is 15.0. The minimum atomic E-state index is -1.39. The number of aliphatic carboxylic acids is 1. The number of thioether (sulfide) groups is 1. The summed E-state index contributed by atoms with van der Waals surface area (Å²) >= 11 is 1.54. The number of unbranched alkanes of at least 4 members (excludes halogenated alkanes) is 1. The fourth-order valence-electron chi connectivity index (χ4n) is 2.44. The Labute approximate surface area is 181 Å². The third-order valence-electron chi connectivity index (χ3n) is 4.34. The Bertz CT molecular complexity index is 577. The van der Waals surface area contributed by atoms with Gasteiger partial charge in [0.2, 0.25) is 17.7 Å². The van der Waals surface area contributed by atoms with Crippen molar-refractivity contribution in [2.24, 2.45) is 11.5 Å². The summed E-state index contributed by atoms with van der Waals surface area (Å²) in [4.78, 5) is 48.3. The summed E-state index contributed by atoms with van der Waals surface area (Å²) in [6.45, 7) is 2.96. The molecule has 5 atom stereocenters. The lowest BCUT2D eigenvalue weighted by atomic mass is 10.1. The molecule has 0 heterocycles. The largest absolute Gasteiger partial charge is 0.480 e. The van der Waals surface area contributed by atoms with Crippen molar-refractivity contribution in [2.45, 2.75) is 69.8 Å². The molecule has 0 aromatic heterocycles. The molecule has 0 aliphatic carbocycles. The van der Waals surface area contributed by atoms with Crippen molar-refractivity contribution in [3.63, 3.8) is 0 Å². The lowest BCUT2D eigenvalue weighted by Gasteiger charge is -2.26. The Kier molecular flexibility index (Phi) is 14.0. The summed E-state index contributed by atoms with van der Waals surface area (Å²) in [6.07, 6.45) is 2.49. The van der Waals surface area contributed by atoms with E-state index in [1.807, 2.05) is 6.26 Å². The smallest absolute Gasteiger partial charge is 0.325 e. The number of nitrogens with two attached hydrogens (primary N) is 2. The highest BCUT2D eigenvalue weighted by atomic mass is 32.2. The van der Waals surface area contributed by atoms with E-state index in [9.17, 15) is 24.3 Å². The summed E-state index contributed by atoms with van der Waals surface area (Å²) in [5.74, 6) is -2.59. The second-order valence-electron chi connectivity index (χ2n) is 7.03. The molecule has 3 amide bonds. The van der Waals surface area contributed by atoms with Gasteiger partial charge in [-0.25, -0.2) is 0 Å². The maximum Gasteiger partial charge on any atom is 0.325 e. The topological polar surface area (TPSA) is 197 Å². The molecular formula is C18H35N5O6S. The SMILES string of the molecule is CSCCC(N)C(=O)NC(CCCCN)C(=O)NC(C(=O)NC(C)C(=O)O)C(C)O. The summed E-state index contributed by atoms with van der Waals surface area (Å²) in [5.41, 5.74) is 11.3. The molecular weight excluding hydrogens is 414 g/mol. The van der Waals surface area contributed by atoms with Crippen molar-refractivity contribution < 1.29 is 29.4 Å². The van der Waals surface area contributed by atoms with Gasteiger partial charge in [0.1, 0.15) is 18.1 Å². The van der Waals surface area contributed by atoms with E-state index in [0.717, 1.165) is 0 Å². The van der Waals surface area contributed by atoms with E-state index in [-0.39, 0.29) is 6.42 Å². The van der Waals surface area contributed by atoms with E-state index < -0.39 is 54.0 Å². The highest BCUT2D eigenvalue weighted by Gasteiger charge is 2.31. The summed E-state index contributed by atoms with van der Waals surface area (Å²) in [6, 6.07) is -4.35. The number of carbonyl (C=O) groups is 4. The molecule has 5 unspecified atom stereocenters. The monoisotopic (exact) mass is 449 g/mol. The number of carboxylic acid groups (broad SMARTS) is 1. The van der Waals surface area contributed by atoms with E-state index in [4.69, 9.17) is 16.6 Å². The number of aliphatic hydroxyl groups is 1. The van der Waals surface area contributed by atoms with E-state index >= 15 is 0 Å². The molecule has 0 spiro atoms. The summed E-state index contributed by atoms with van der Waals surface area (Å²) in [5, 5.41) is 26.0. The number of hydrogen-bond acceptors (Lipinski definition) is 8. The Morgan fingerprint density at radius 3 is 2.10 bits per heavy atom. The molecule has 0 rings (SSSR count). The van der Waals surface area contributed by atoms with E-state index in [0.29, 0.717) is 31.6 Å². The molecule has 11 nitrogen and oxygen atoms in total. The first-order valence-corrected chi connectivity index (χ1v) is 11.2. The van der Waals surface area contributed by atoms with Gasteiger partial charge in [0.15, 0.2) is 0 Å². The molecule has 0 bridgehead atoms. The van der Waals surface area contributed by atoms with Crippen LogP contribution in [0, 0.1) is 0 Å². The fraction of sp³-hybridized carbons (Fsp3) is 0.778. The Balaban J connectivity index is 5.21. The average Bonchev–Trinajstić information content (AvgIpc) is 2.68. The Morgan fingerprint density at radius 1 is 0.967 bits per heavy atom. The van der Waals surface area contributed by atoms with Crippen LogP contribution < -0.4 is 27.4 Å². The van der Waals surface area contributed by atoms with Crippen LogP contribution in [0.3, 0.4) is 0 Å². The first kappa shape index (κ1) is 28.1. The predicted molar refractivity (Wildman–Crippen MR) is 115 cm³/mol. The van der Waals surface area contributed by atoms with Gasteiger partial charge in [-0.15, -0.1) is 0 Å². The average molecular weight is 450 g/mol. The lowest BCUT2D eigenvalue weighted by Crippen LogP contribution is -2.59. The lowest BCUT2D eigenvalue weighted by molar-refractivity contribution is -0.142. The molecule has 0 saturated heterocycles. The maximum absolute atomic E-state index is 12.7. The number of carbonyl (C=O) groups excluding carboxylic acids is 3. The zero-order valence-corrected chi connectivity index (χ0v) is 18.5. The van der Waals surface area contributed by atoms with Gasteiger partial charge in [0, 0.05) is 0 Å². The first-order chi connectivity index (χ1) is 14.0. The van der Waals surface area contributed by atoms with Gasteiger partial charge in [-0.3, -0.25) is 19.2 Å². The molecule has 0 aliphatic heterocycles. The van der Waals surface area contributed by atoms with E-state index in [1.165, 1.54) is 13.8 Å². The normalized spacial score (nSPS) is 15.9. The first-order valence-electron chi connectivity index (χ1n) is 9.81. The van der Waals surface area contributed by atoms with Crippen molar-refractivity contribution in [1.29, 1.82) is 0 Å². The molecule has 174 valence electrons. The Hall–Kier alpha value is -1.89. The summed E-state index contributed by atoms with van der Waals surface area (Å²) < 4.78 is 0. The molecule has 0 radical (unpaired) electrons. The molecule has 0 aliphatic rings. The molecule has 0 aromatic carbocycles. The molecule has 0 fully saturated rings. The van der Waals surface area contributed by atoms with Gasteiger partial charge in [0.05, 0.1) is 12.1 Å². The van der Waals surface area contributed by atoms with Crippen molar-refractivity contribution >= 4 is 35.5 Å². The van der Waals surface area contributed by atoms with Crippen molar-refractivity contribution in [1.82, 2.24) is 16.0 Å². The van der Waals surface area contributed by atoms with Gasteiger partial charge in [0.25, 0.3) is 0 Å². The van der Waals surface area contributed by atoms with Crippen LogP contribution in [-0.2, 0) is 19.2 Å². The maximum atomic E-state index is 12.7. The van der Waals surface area contributed by atoms with E-state index in [2.05, 4.69) is 16.0 Å². The number of amides is 3. The summed E-state index contributed by atoms with van der Waals surface area (Å²) in [7, 11) is 0. The number of carboxylic acids is 1. The zero-order valence-electron chi connectivity index (χ0n) is 17.7. The van der Waals surface area contributed by atoms with Crippen LogP contribution in [0.1, 0.15) is 39.5 Å². The van der Waals surface area contributed by atoms with Crippen LogP contribution in [-0.4, -0.2) is 82.7 Å². The van der Waals surface area contributed by atoms with Crippen LogP contribution in [0.5, 0.6) is 0 Å². The van der Waals surface area contributed by atoms with E-state index in [1.54, 1.807) is 11.8 Å². The number of rotatable bonds is 15. The minimum absolute atomic E-state index is 0.268. The van der Waals surface area contributed by atoms with Gasteiger partial charge >= 0.3 is 5.97 Å². The third kappa shape index (κ3) is 10.8. The van der Waals surface area contributed by atoms with Gasteiger partial charge < -0.3 is 37.6 Å². The number of aliphatic hydroxyl groups excluding tert-OH is 1. The van der Waals surface area contributed by atoms with Crippen LogP contribution in [0.2, 0.25) is 0 Å². The molecule has 30 heavy (non-hydrogen) atoms. The van der Waals surface area contributed by atoms with Crippen LogP contribution in [0.4, 0.5) is 0 Å². The zero-order chi connectivity index (χ0) is 23.3. The number of nitrogens with one attached hydrogen (secondary N) is 3. The standard InChI is InChI=1S/C18H35N5O6S/c1-10(18(28)29)21-17(27)14(11(2)24)23-16(26)13(6-4-5-8-19)22-15(25)12(20)7-9-30-3/h10-14,24H,4-9,19-20H2,1-3H3,(H,21,27)(H,22,25)(H,23,26)(H,28,29). The van der Waals surface area contributed by atoms with Gasteiger partial charge in [-0.1, -0.05) is 0 Å². The third-order valence-corrected chi connectivity index (χ3v) is 4.99. The van der Waals surface area contributed by atoms with Gasteiger partial charge in [-0.05, 0) is 58.1 Å². The Morgan fingerprint density at radius 2 is 1.60 bits per heavy atom. The fourth-order valence-corrected chi connectivity index (χ4v) is 2.93. The quantitative estimate of drug-likeness (QED) is 0.140. The molecule has 0 saturated carbocycles.